The number of carboxylic acid groups (broad SMARTS) is 1. The van der Waals surface area contributed by atoms with Crippen molar-refractivity contribution in [2.24, 2.45) is 0 Å². The van der Waals surface area contributed by atoms with Gasteiger partial charge in [0.25, 0.3) is 5.69 Å². The van der Waals surface area contributed by atoms with Crippen molar-refractivity contribution in [2.45, 2.75) is 12.5 Å². The zero-order valence-corrected chi connectivity index (χ0v) is 11.5. The first-order valence-electron chi connectivity index (χ1n) is 5.67. The first-order valence-corrected chi connectivity index (χ1v) is 6.47. The monoisotopic (exact) mass is 329 g/mol. The first kappa shape index (κ1) is 13.8. The van der Waals surface area contributed by atoms with Crippen LogP contribution in [-0.2, 0) is 0 Å². The molecule has 1 heterocycles. The summed E-state index contributed by atoms with van der Waals surface area (Å²) in [6.07, 6.45) is -0.338. The molecule has 1 fully saturated rings. The molecule has 19 heavy (non-hydrogen) atoms. The van der Waals surface area contributed by atoms with Crippen LogP contribution >= 0.6 is 15.9 Å². The normalized spacial score (nSPS) is 18.3. The Labute approximate surface area is 117 Å². The maximum Gasteiger partial charge on any atom is 0.412 e. The van der Waals surface area contributed by atoms with Gasteiger partial charge < -0.3 is 10.4 Å². The van der Waals surface area contributed by atoms with Crippen molar-refractivity contribution in [1.82, 2.24) is 5.32 Å². The highest BCUT2D eigenvalue weighted by atomic mass is 79.9. The number of nitrogens with one attached hydrogen (secondary N) is 1. The third kappa shape index (κ3) is 2.85. The van der Waals surface area contributed by atoms with Crippen LogP contribution in [0.15, 0.2) is 22.7 Å². The lowest BCUT2D eigenvalue weighted by Gasteiger charge is -2.25. The van der Waals surface area contributed by atoms with E-state index in [0.717, 1.165) is 13.0 Å². The molecule has 0 aliphatic carbocycles. The van der Waals surface area contributed by atoms with Gasteiger partial charge in [-0.05, 0) is 41.0 Å². The third-order valence-corrected chi connectivity index (χ3v) is 3.65. The second-order valence-corrected chi connectivity index (χ2v) is 5.05. The van der Waals surface area contributed by atoms with Crippen LogP contribution in [0.5, 0.6) is 0 Å². The van der Waals surface area contributed by atoms with Gasteiger partial charge in [0.05, 0.1) is 15.4 Å². The average molecular weight is 330 g/mol. The van der Waals surface area contributed by atoms with E-state index in [0.29, 0.717) is 12.2 Å². The molecule has 1 aromatic carbocycles. The maximum absolute atomic E-state index is 11.4. The lowest BCUT2D eigenvalue weighted by molar-refractivity contribution is -0.385. The van der Waals surface area contributed by atoms with Crippen molar-refractivity contribution in [3.8, 4) is 0 Å². The fourth-order valence-electron chi connectivity index (χ4n) is 2.13. The number of nitro benzene ring substituents is 1. The summed E-state index contributed by atoms with van der Waals surface area (Å²) < 4.78 is 0.271. The molecule has 0 spiro atoms. The first-order chi connectivity index (χ1) is 9.00. The van der Waals surface area contributed by atoms with E-state index in [9.17, 15) is 20.0 Å². The fourth-order valence-corrected chi connectivity index (χ4v) is 2.64. The second-order valence-electron chi connectivity index (χ2n) is 4.19. The highest BCUT2D eigenvalue weighted by molar-refractivity contribution is 9.10. The van der Waals surface area contributed by atoms with E-state index in [4.69, 9.17) is 0 Å². The maximum atomic E-state index is 11.4. The highest BCUT2D eigenvalue weighted by Gasteiger charge is 2.28. The highest BCUT2D eigenvalue weighted by Crippen LogP contribution is 2.31. The summed E-state index contributed by atoms with van der Waals surface area (Å²) in [6, 6.07) is 4.07. The Morgan fingerprint density at radius 3 is 2.79 bits per heavy atom. The Kier molecular flexibility index (Phi) is 4.01. The van der Waals surface area contributed by atoms with E-state index in [1.807, 2.05) is 0 Å². The molecule has 1 atom stereocenters. The van der Waals surface area contributed by atoms with E-state index in [2.05, 4.69) is 21.2 Å². The molecule has 7 nitrogen and oxygen atoms in total. The van der Waals surface area contributed by atoms with Crippen molar-refractivity contribution in [3.05, 3.63) is 32.8 Å². The predicted molar refractivity (Wildman–Crippen MR) is 72.6 cm³/mol. The van der Waals surface area contributed by atoms with Crippen molar-refractivity contribution >= 4 is 33.4 Å². The second kappa shape index (κ2) is 5.54. The molecule has 1 aliphatic heterocycles. The van der Waals surface area contributed by atoms with Crippen molar-refractivity contribution in [1.29, 1.82) is 0 Å². The Morgan fingerprint density at radius 2 is 2.32 bits per heavy atom. The van der Waals surface area contributed by atoms with Gasteiger partial charge >= 0.3 is 6.09 Å². The quantitative estimate of drug-likeness (QED) is 0.654. The smallest absolute Gasteiger partial charge is 0.412 e. The molecule has 8 heteroatoms. The van der Waals surface area contributed by atoms with Gasteiger partial charge in [-0.1, -0.05) is 0 Å². The Morgan fingerprint density at radius 1 is 1.58 bits per heavy atom. The molecule has 1 saturated heterocycles. The van der Waals surface area contributed by atoms with Gasteiger partial charge in [0, 0.05) is 18.3 Å². The number of hydrogen-bond donors (Lipinski definition) is 2. The number of halogens is 1. The van der Waals surface area contributed by atoms with Crippen LogP contribution in [0.3, 0.4) is 0 Å². The summed E-state index contributed by atoms with van der Waals surface area (Å²) in [5.74, 6) is 0. The number of anilines is 1. The fraction of sp³-hybridized carbons (Fsp3) is 0.364. The minimum atomic E-state index is -1.06. The molecular formula is C11H12BrN3O4. The molecule has 0 radical (unpaired) electrons. The Bertz CT molecular complexity index is 517. The third-order valence-electron chi connectivity index (χ3n) is 3.01. The van der Waals surface area contributed by atoms with Crippen LogP contribution in [0.2, 0.25) is 0 Å². The Hall–Kier alpha value is -1.67. The largest absolute Gasteiger partial charge is 0.465 e. The zero-order valence-electron chi connectivity index (χ0n) is 9.88. The minimum absolute atomic E-state index is 0.0846. The standard InChI is InChI=1S/C11H12BrN3O4/c12-9-5-7(1-2-10(9)15(18)19)14(11(16)17)8-3-4-13-6-8/h1-2,5,8,13H,3-4,6H2,(H,16,17). The van der Waals surface area contributed by atoms with Crippen LogP contribution < -0.4 is 10.2 Å². The number of benzene rings is 1. The number of amides is 1. The van der Waals surface area contributed by atoms with E-state index < -0.39 is 11.0 Å². The van der Waals surface area contributed by atoms with Crippen LogP contribution in [0.4, 0.5) is 16.2 Å². The molecule has 2 N–H and O–H groups in total. The van der Waals surface area contributed by atoms with Crippen molar-refractivity contribution in [2.75, 3.05) is 18.0 Å². The average Bonchev–Trinajstić information content (AvgIpc) is 2.81. The number of nitro groups is 1. The van der Waals surface area contributed by atoms with Gasteiger partial charge in [-0.2, -0.15) is 0 Å². The van der Waals surface area contributed by atoms with Crippen molar-refractivity contribution in [3.63, 3.8) is 0 Å². The topological polar surface area (TPSA) is 95.7 Å². The van der Waals surface area contributed by atoms with Gasteiger partial charge in [0.1, 0.15) is 0 Å². The molecule has 1 unspecified atom stereocenters. The molecule has 0 saturated carbocycles. The summed E-state index contributed by atoms with van der Waals surface area (Å²) in [5, 5.41) is 23.1. The van der Waals surface area contributed by atoms with Gasteiger partial charge in [-0.3, -0.25) is 15.0 Å². The number of nitrogens with zero attached hydrogens (tertiary/aromatic N) is 2. The molecular weight excluding hydrogens is 318 g/mol. The van der Waals surface area contributed by atoms with Crippen molar-refractivity contribution < 1.29 is 14.8 Å². The molecule has 1 aromatic rings. The minimum Gasteiger partial charge on any atom is -0.465 e. The summed E-state index contributed by atoms with van der Waals surface area (Å²) >= 11 is 3.10. The summed E-state index contributed by atoms with van der Waals surface area (Å²) in [4.78, 5) is 22.8. The SMILES string of the molecule is O=C(O)N(c1ccc([N+](=O)[O-])c(Br)c1)C1CCNC1. The molecule has 2 rings (SSSR count). The van der Waals surface area contributed by atoms with E-state index in [1.165, 1.54) is 23.1 Å². The van der Waals surface area contributed by atoms with E-state index in [1.54, 1.807) is 0 Å². The van der Waals surface area contributed by atoms with Crippen LogP contribution in [0.25, 0.3) is 0 Å². The summed E-state index contributed by atoms with van der Waals surface area (Å²) in [7, 11) is 0. The number of carbonyl (C=O) groups is 1. The predicted octanol–water partition coefficient (Wildman–Crippen LogP) is 2.20. The van der Waals surface area contributed by atoms with Gasteiger partial charge in [-0.15, -0.1) is 0 Å². The lowest BCUT2D eigenvalue weighted by atomic mass is 10.2. The lowest BCUT2D eigenvalue weighted by Crippen LogP contribution is -2.40. The van der Waals surface area contributed by atoms with E-state index in [-0.39, 0.29) is 16.2 Å². The number of hydrogen-bond acceptors (Lipinski definition) is 4. The van der Waals surface area contributed by atoms with Crippen LogP contribution in [0.1, 0.15) is 6.42 Å². The van der Waals surface area contributed by atoms with Gasteiger partial charge in [0.2, 0.25) is 0 Å². The molecule has 0 bridgehead atoms. The summed E-state index contributed by atoms with van der Waals surface area (Å²) in [5.41, 5.74) is 0.345. The van der Waals surface area contributed by atoms with E-state index >= 15 is 0 Å². The van der Waals surface area contributed by atoms with Gasteiger partial charge in [0.15, 0.2) is 0 Å². The summed E-state index contributed by atoms with van der Waals surface area (Å²) in [6.45, 7) is 1.35. The van der Waals surface area contributed by atoms with Gasteiger partial charge in [-0.25, -0.2) is 4.79 Å². The molecule has 102 valence electrons. The molecule has 1 aliphatic rings. The van der Waals surface area contributed by atoms with Crippen LogP contribution in [-0.4, -0.2) is 35.3 Å². The molecule has 0 aromatic heterocycles. The zero-order chi connectivity index (χ0) is 14.0. The Balaban J connectivity index is 2.34. The van der Waals surface area contributed by atoms with Crippen LogP contribution in [0, 0.1) is 10.1 Å². The molecule has 1 amide bonds. The number of rotatable bonds is 3.